The van der Waals surface area contributed by atoms with Gasteiger partial charge in [0.15, 0.2) is 5.82 Å². The Hall–Kier alpha value is -2.63. The highest BCUT2D eigenvalue weighted by atomic mass is 32.1. The molecule has 5 N–H and O–H groups in total. The molecule has 1 aliphatic carbocycles. The smallest absolute Gasteiger partial charge is 0.261 e. The molecule has 3 aromatic heterocycles. The second-order valence-electron chi connectivity index (χ2n) is 7.41. The molecular weight excluding hydrogens is 422 g/mol. The zero-order chi connectivity index (χ0) is 21.5. The first kappa shape index (κ1) is 20.6. The molecule has 2 amide bonds. The van der Waals surface area contributed by atoms with Crippen molar-refractivity contribution in [3.8, 4) is 0 Å². The third-order valence-electron chi connectivity index (χ3n) is 5.31. The Bertz CT molecular complexity index is 1020. The van der Waals surface area contributed by atoms with E-state index in [1.165, 1.54) is 22.7 Å². The zero-order valence-electron chi connectivity index (χ0n) is 16.9. The van der Waals surface area contributed by atoms with Gasteiger partial charge in [0.2, 0.25) is 0 Å². The van der Waals surface area contributed by atoms with Crippen molar-refractivity contribution in [3.05, 3.63) is 48.6 Å². The molecule has 1 atom stereocenters. The SMILES string of the molecule is CNC(=O)c1cc2c(s1)C(C[C@@H](C)N)(c1nn[nH]n1)c1sc(C(=O)NC)cc1CC2. The number of H-pyrrole nitrogens is 1. The van der Waals surface area contributed by atoms with Crippen molar-refractivity contribution in [3.63, 3.8) is 0 Å². The Morgan fingerprint density at radius 1 is 1.13 bits per heavy atom. The van der Waals surface area contributed by atoms with E-state index < -0.39 is 5.41 Å². The normalized spacial score (nSPS) is 15.6. The van der Waals surface area contributed by atoms with E-state index >= 15 is 0 Å². The summed E-state index contributed by atoms with van der Waals surface area (Å²) in [5, 5.41) is 20.5. The minimum Gasteiger partial charge on any atom is -0.354 e. The molecule has 0 unspecified atom stereocenters. The highest BCUT2D eigenvalue weighted by Gasteiger charge is 2.48. The number of carbonyl (C=O) groups excluding carboxylic acids is 2. The molecule has 3 heterocycles. The summed E-state index contributed by atoms with van der Waals surface area (Å²) in [7, 11) is 3.24. The Balaban J connectivity index is 2.03. The molecule has 158 valence electrons. The van der Waals surface area contributed by atoms with Gasteiger partial charge in [-0.05, 0) is 49.4 Å². The number of hydrogen-bond acceptors (Lipinski definition) is 8. The van der Waals surface area contributed by atoms with Gasteiger partial charge in [-0.3, -0.25) is 9.59 Å². The van der Waals surface area contributed by atoms with Gasteiger partial charge in [-0.25, -0.2) is 0 Å². The monoisotopic (exact) mass is 445 g/mol. The minimum absolute atomic E-state index is 0.131. The Morgan fingerprint density at radius 2 is 1.67 bits per heavy atom. The molecule has 1 aliphatic rings. The number of hydrogen-bond donors (Lipinski definition) is 4. The number of nitrogens with one attached hydrogen (secondary N) is 3. The summed E-state index contributed by atoms with van der Waals surface area (Å²) in [5.74, 6) is 0.237. The Kier molecular flexibility index (Phi) is 5.43. The lowest BCUT2D eigenvalue weighted by Crippen LogP contribution is -2.36. The molecule has 9 nitrogen and oxygen atoms in total. The van der Waals surface area contributed by atoms with E-state index in [9.17, 15) is 9.59 Å². The number of aromatic amines is 1. The topological polar surface area (TPSA) is 139 Å². The predicted molar refractivity (Wildman–Crippen MR) is 115 cm³/mol. The summed E-state index contributed by atoms with van der Waals surface area (Å²) in [4.78, 5) is 28.0. The van der Waals surface area contributed by atoms with E-state index in [0.29, 0.717) is 22.0 Å². The molecule has 0 bridgehead atoms. The maximum Gasteiger partial charge on any atom is 0.261 e. The van der Waals surface area contributed by atoms with Crippen molar-refractivity contribution in [1.82, 2.24) is 31.3 Å². The first-order valence-corrected chi connectivity index (χ1v) is 11.2. The van der Waals surface area contributed by atoms with Crippen molar-refractivity contribution in [2.75, 3.05) is 14.1 Å². The maximum atomic E-state index is 12.4. The van der Waals surface area contributed by atoms with Gasteiger partial charge in [-0.2, -0.15) is 5.21 Å². The fraction of sp³-hybridized carbons (Fsp3) is 0.421. The average molecular weight is 446 g/mol. The Labute approximate surface area is 181 Å². The van der Waals surface area contributed by atoms with E-state index in [2.05, 4.69) is 31.3 Å². The van der Waals surface area contributed by atoms with Crippen LogP contribution >= 0.6 is 22.7 Å². The third kappa shape index (κ3) is 3.22. The first-order valence-electron chi connectivity index (χ1n) is 9.60. The number of thiophene rings is 2. The molecular formula is C19H23N7O2S2. The van der Waals surface area contributed by atoms with Gasteiger partial charge in [-0.15, -0.1) is 32.9 Å². The van der Waals surface area contributed by atoms with Crippen LogP contribution in [0.3, 0.4) is 0 Å². The quantitative estimate of drug-likeness (QED) is 0.466. The van der Waals surface area contributed by atoms with E-state index in [1.54, 1.807) is 14.1 Å². The fourth-order valence-electron chi connectivity index (χ4n) is 4.10. The molecule has 0 aliphatic heterocycles. The number of nitrogens with two attached hydrogens (primary N) is 1. The largest absolute Gasteiger partial charge is 0.354 e. The number of rotatable bonds is 5. The lowest BCUT2D eigenvalue weighted by atomic mass is 9.76. The number of aryl methyl sites for hydroxylation is 2. The zero-order valence-corrected chi connectivity index (χ0v) is 18.5. The summed E-state index contributed by atoms with van der Waals surface area (Å²) in [6, 6.07) is 3.72. The standard InChI is InChI=1S/C19H23N7O2S2/c1-9(20)8-19(18-23-25-26-24-18)14-10(6-12(29-14)16(27)21-2)4-5-11-7-13(17(28)22-3)30-15(11)19/h6-7,9H,4-5,8,20H2,1-3H3,(H,21,27)(H,22,28)(H,23,24,25,26)/t9-/m1/s1. The number of fused-ring (bicyclic) bond motifs is 2. The number of amides is 2. The molecule has 11 heteroatoms. The van der Waals surface area contributed by atoms with E-state index in [1.807, 2.05) is 19.1 Å². The second-order valence-corrected chi connectivity index (χ2v) is 9.51. The van der Waals surface area contributed by atoms with Crippen molar-refractivity contribution >= 4 is 34.5 Å². The van der Waals surface area contributed by atoms with Crippen LogP contribution in [0.2, 0.25) is 0 Å². The summed E-state index contributed by atoms with van der Waals surface area (Å²) in [5.41, 5.74) is 7.70. The van der Waals surface area contributed by atoms with Gasteiger partial charge in [0, 0.05) is 29.9 Å². The van der Waals surface area contributed by atoms with Crippen LogP contribution < -0.4 is 16.4 Å². The van der Waals surface area contributed by atoms with Gasteiger partial charge < -0.3 is 16.4 Å². The molecule has 3 aromatic rings. The van der Waals surface area contributed by atoms with Crippen LogP contribution in [-0.2, 0) is 18.3 Å². The maximum absolute atomic E-state index is 12.4. The lowest BCUT2D eigenvalue weighted by molar-refractivity contribution is 0.0959. The van der Waals surface area contributed by atoms with Crippen LogP contribution in [0, 0.1) is 0 Å². The van der Waals surface area contributed by atoms with Crippen molar-refractivity contribution in [1.29, 1.82) is 0 Å². The first-order chi connectivity index (χ1) is 14.4. The summed E-state index contributed by atoms with van der Waals surface area (Å²) in [6.07, 6.45) is 2.02. The number of aromatic nitrogens is 4. The van der Waals surface area contributed by atoms with Crippen LogP contribution in [-0.4, -0.2) is 52.6 Å². The van der Waals surface area contributed by atoms with Gasteiger partial charge in [0.25, 0.3) is 11.8 Å². The molecule has 0 saturated heterocycles. The molecule has 0 saturated carbocycles. The Morgan fingerprint density at radius 3 is 2.07 bits per heavy atom. The van der Waals surface area contributed by atoms with Crippen LogP contribution in [0.5, 0.6) is 0 Å². The average Bonchev–Trinajstić information content (AvgIpc) is 3.48. The van der Waals surface area contributed by atoms with Crippen LogP contribution in [0.25, 0.3) is 0 Å². The second kappa shape index (κ2) is 7.89. The summed E-state index contributed by atoms with van der Waals surface area (Å²) < 4.78 is 0. The summed E-state index contributed by atoms with van der Waals surface area (Å²) >= 11 is 2.86. The van der Waals surface area contributed by atoms with Crippen molar-refractivity contribution < 1.29 is 9.59 Å². The third-order valence-corrected chi connectivity index (χ3v) is 7.99. The van der Waals surface area contributed by atoms with Gasteiger partial charge in [0.05, 0.1) is 9.75 Å². The van der Waals surface area contributed by atoms with E-state index in [4.69, 9.17) is 5.73 Å². The van der Waals surface area contributed by atoms with Crippen molar-refractivity contribution in [2.45, 2.75) is 37.6 Å². The van der Waals surface area contributed by atoms with Crippen LogP contribution in [0.1, 0.15) is 59.4 Å². The number of carbonyl (C=O) groups is 2. The number of nitrogens with zero attached hydrogens (tertiary/aromatic N) is 3. The van der Waals surface area contributed by atoms with Gasteiger partial charge >= 0.3 is 0 Å². The highest BCUT2D eigenvalue weighted by molar-refractivity contribution is 7.16. The van der Waals surface area contributed by atoms with Gasteiger partial charge in [0.1, 0.15) is 5.41 Å². The predicted octanol–water partition coefficient (Wildman–Crippen LogP) is 1.21. The highest BCUT2D eigenvalue weighted by Crippen LogP contribution is 2.51. The molecule has 30 heavy (non-hydrogen) atoms. The van der Waals surface area contributed by atoms with Gasteiger partial charge in [-0.1, -0.05) is 5.21 Å². The van der Waals surface area contributed by atoms with Crippen LogP contribution in [0.15, 0.2) is 12.1 Å². The van der Waals surface area contributed by atoms with Crippen molar-refractivity contribution in [2.24, 2.45) is 5.73 Å². The molecule has 0 spiro atoms. The fourth-order valence-corrected chi connectivity index (χ4v) is 6.88. The van der Waals surface area contributed by atoms with E-state index in [0.717, 1.165) is 33.7 Å². The molecule has 0 radical (unpaired) electrons. The minimum atomic E-state index is -0.782. The number of tetrazole rings is 1. The lowest BCUT2D eigenvalue weighted by Gasteiger charge is -2.31. The molecule has 0 aromatic carbocycles. The van der Waals surface area contributed by atoms with Crippen LogP contribution in [0.4, 0.5) is 0 Å². The summed E-state index contributed by atoms with van der Waals surface area (Å²) in [6.45, 7) is 1.94. The molecule has 0 fully saturated rings. The molecule has 4 rings (SSSR count). The van der Waals surface area contributed by atoms with E-state index in [-0.39, 0.29) is 17.9 Å².